The largest absolute Gasteiger partial charge is 0.368 e. The molecule has 0 aromatic heterocycles. The van der Waals surface area contributed by atoms with E-state index in [4.69, 9.17) is 10.5 Å². The third kappa shape index (κ3) is 14.2. The van der Waals surface area contributed by atoms with Crippen molar-refractivity contribution in [2.24, 2.45) is 23.5 Å². The molecule has 3 aromatic rings. The number of rotatable bonds is 21. The van der Waals surface area contributed by atoms with E-state index in [-0.39, 0.29) is 37.9 Å². The molecular weight excluding hydrogens is 707 g/mol. The van der Waals surface area contributed by atoms with Crippen molar-refractivity contribution < 1.29 is 28.7 Å². The summed E-state index contributed by atoms with van der Waals surface area (Å²) in [5.41, 5.74) is 9.08. The molecular formula is C45H61N5O6. The number of primary amides is 1. The summed E-state index contributed by atoms with van der Waals surface area (Å²) < 4.78 is 6.20. The number of amides is 5. The third-order valence-electron chi connectivity index (χ3n) is 10.7. The SMILES string of the molecule is CCc1ccc(C(=O)NCCCCC(NC(=O)C(Cc2ccccc2)NC(=O)C(Cc2ccccc2)NC(=O)COC2CC(C)CCC2C(C)C)C(N)=O)cc1. The van der Waals surface area contributed by atoms with E-state index in [1.807, 2.05) is 72.8 Å². The minimum Gasteiger partial charge on any atom is -0.368 e. The van der Waals surface area contributed by atoms with Crippen LogP contribution < -0.4 is 27.0 Å². The first-order chi connectivity index (χ1) is 26.9. The Hall–Kier alpha value is -5.03. The Bertz CT molecular complexity index is 1700. The Balaban J connectivity index is 1.40. The quantitative estimate of drug-likeness (QED) is 0.0951. The van der Waals surface area contributed by atoms with Gasteiger partial charge in [0.1, 0.15) is 24.7 Å². The van der Waals surface area contributed by atoms with Crippen molar-refractivity contribution in [1.29, 1.82) is 0 Å². The summed E-state index contributed by atoms with van der Waals surface area (Å²) in [6.07, 6.45) is 5.58. The first-order valence-corrected chi connectivity index (χ1v) is 20.2. The van der Waals surface area contributed by atoms with Crippen LogP contribution in [-0.2, 0) is 43.2 Å². The predicted octanol–water partition coefficient (Wildman–Crippen LogP) is 5.05. The molecule has 3 aromatic carbocycles. The van der Waals surface area contributed by atoms with Gasteiger partial charge in [-0.3, -0.25) is 24.0 Å². The van der Waals surface area contributed by atoms with E-state index in [0.717, 1.165) is 42.4 Å². The molecule has 5 amide bonds. The minimum atomic E-state index is -1.08. The Morgan fingerprint density at radius 2 is 1.30 bits per heavy atom. The lowest BCUT2D eigenvalue weighted by atomic mass is 9.75. The standard InChI is InChI=1S/C45H61N5O6/c1-5-32-20-22-35(23-21-32)43(53)47-25-13-12-18-37(42(46)52)49-45(55)39(28-34-16-10-7-11-17-34)50-44(54)38(27-33-14-8-6-9-15-33)48-41(51)29-56-40-26-31(4)19-24-36(40)30(2)3/h6-11,14-17,20-23,30-31,36-40H,5,12-13,18-19,24-29H2,1-4H3,(H2,46,52)(H,47,53)(H,48,51)(H,49,55)(H,50,54). The van der Waals surface area contributed by atoms with Crippen LogP contribution in [0.15, 0.2) is 84.9 Å². The molecule has 56 heavy (non-hydrogen) atoms. The van der Waals surface area contributed by atoms with Gasteiger partial charge in [0.2, 0.25) is 23.6 Å². The van der Waals surface area contributed by atoms with Crippen molar-refractivity contribution in [3.63, 3.8) is 0 Å². The molecule has 302 valence electrons. The maximum atomic E-state index is 14.1. The van der Waals surface area contributed by atoms with Crippen LogP contribution in [-0.4, -0.2) is 66.9 Å². The number of benzene rings is 3. The molecule has 0 bridgehead atoms. The van der Waals surface area contributed by atoms with Gasteiger partial charge in [-0.25, -0.2) is 0 Å². The second-order valence-electron chi connectivity index (χ2n) is 15.5. The smallest absolute Gasteiger partial charge is 0.251 e. The van der Waals surface area contributed by atoms with Crippen LogP contribution in [0.3, 0.4) is 0 Å². The lowest BCUT2D eigenvalue weighted by Crippen LogP contribution is -2.57. The minimum absolute atomic E-state index is 0.0368. The average Bonchev–Trinajstić information content (AvgIpc) is 3.19. The molecule has 1 saturated carbocycles. The summed E-state index contributed by atoms with van der Waals surface area (Å²) in [6, 6.07) is 23.0. The topological polar surface area (TPSA) is 169 Å². The monoisotopic (exact) mass is 767 g/mol. The van der Waals surface area contributed by atoms with Gasteiger partial charge in [-0.1, -0.05) is 107 Å². The fourth-order valence-corrected chi connectivity index (χ4v) is 7.34. The first kappa shape index (κ1) is 43.7. The van der Waals surface area contributed by atoms with Gasteiger partial charge < -0.3 is 31.7 Å². The van der Waals surface area contributed by atoms with Crippen molar-refractivity contribution in [3.8, 4) is 0 Å². The number of aryl methyl sites for hydroxylation is 1. The predicted molar refractivity (Wildman–Crippen MR) is 218 cm³/mol. The van der Waals surface area contributed by atoms with Gasteiger partial charge in [-0.05, 0) is 85.1 Å². The van der Waals surface area contributed by atoms with E-state index >= 15 is 0 Å². The fourth-order valence-electron chi connectivity index (χ4n) is 7.34. The van der Waals surface area contributed by atoms with Crippen molar-refractivity contribution in [2.75, 3.05) is 13.2 Å². The summed E-state index contributed by atoms with van der Waals surface area (Å²) in [5, 5.41) is 11.4. The normalized spacial score (nSPS) is 18.3. The lowest BCUT2D eigenvalue weighted by Gasteiger charge is -2.37. The number of ether oxygens (including phenoxy) is 1. The summed E-state index contributed by atoms with van der Waals surface area (Å²) in [4.78, 5) is 66.4. The summed E-state index contributed by atoms with van der Waals surface area (Å²) in [7, 11) is 0. The van der Waals surface area contributed by atoms with E-state index in [0.29, 0.717) is 42.7 Å². The highest BCUT2D eigenvalue weighted by Gasteiger charge is 2.33. The Morgan fingerprint density at radius 1 is 0.732 bits per heavy atom. The van der Waals surface area contributed by atoms with Crippen LogP contribution in [0.5, 0.6) is 0 Å². The zero-order valence-electron chi connectivity index (χ0n) is 33.4. The van der Waals surface area contributed by atoms with E-state index in [2.05, 4.69) is 49.0 Å². The van der Waals surface area contributed by atoms with Crippen LogP contribution in [0.4, 0.5) is 0 Å². The van der Waals surface area contributed by atoms with Gasteiger partial charge in [0.25, 0.3) is 5.91 Å². The molecule has 11 nitrogen and oxygen atoms in total. The van der Waals surface area contributed by atoms with Crippen LogP contribution in [0.2, 0.25) is 0 Å². The molecule has 0 saturated heterocycles. The van der Waals surface area contributed by atoms with E-state index < -0.39 is 41.8 Å². The molecule has 6 atom stereocenters. The number of hydrogen-bond acceptors (Lipinski definition) is 6. The molecule has 1 aliphatic rings. The summed E-state index contributed by atoms with van der Waals surface area (Å²) in [5.74, 6) is -1.11. The van der Waals surface area contributed by atoms with E-state index in [9.17, 15) is 24.0 Å². The maximum absolute atomic E-state index is 14.1. The van der Waals surface area contributed by atoms with Gasteiger partial charge >= 0.3 is 0 Å². The fraction of sp³-hybridized carbons (Fsp3) is 0.489. The Kier molecular flexibility index (Phi) is 17.6. The van der Waals surface area contributed by atoms with Crippen molar-refractivity contribution in [1.82, 2.24) is 21.3 Å². The Morgan fingerprint density at radius 3 is 1.86 bits per heavy atom. The summed E-state index contributed by atoms with van der Waals surface area (Å²) >= 11 is 0. The summed E-state index contributed by atoms with van der Waals surface area (Å²) in [6.45, 7) is 8.83. The second-order valence-corrected chi connectivity index (χ2v) is 15.5. The Labute approximate surface area is 332 Å². The molecule has 4 rings (SSSR count). The highest BCUT2D eigenvalue weighted by atomic mass is 16.5. The van der Waals surface area contributed by atoms with Gasteiger partial charge in [0, 0.05) is 24.9 Å². The van der Waals surface area contributed by atoms with E-state index in [1.54, 1.807) is 12.1 Å². The van der Waals surface area contributed by atoms with Crippen molar-refractivity contribution >= 4 is 29.5 Å². The van der Waals surface area contributed by atoms with Gasteiger partial charge in [-0.2, -0.15) is 0 Å². The van der Waals surface area contributed by atoms with Gasteiger partial charge in [0.15, 0.2) is 0 Å². The van der Waals surface area contributed by atoms with Crippen LogP contribution in [0, 0.1) is 17.8 Å². The first-order valence-electron chi connectivity index (χ1n) is 20.2. The zero-order chi connectivity index (χ0) is 40.5. The number of nitrogens with one attached hydrogen (secondary N) is 4. The highest BCUT2D eigenvalue weighted by Crippen LogP contribution is 2.35. The second kappa shape index (κ2) is 22.5. The number of carbonyl (C=O) groups is 5. The molecule has 0 radical (unpaired) electrons. The number of unbranched alkanes of at least 4 members (excludes halogenated alkanes) is 1. The molecule has 1 aliphatic carbocycles. The van der Waals surface area contributed by atoms with Gasteiger partial charge in [-0.15, -0.1) is 0 Å². The molecule has 0 spiro atoms. The number of nitrogens with two attached hydrogens (primary N) is 1. The molecule has 6 unspecified atom stereocenters. The van der Waals surface area contributed by atoms with Gasteiger partial charge in [0.05, 0.1) is 6.10 Å². The molecule has 0 aliphatic heterocycles. The third-order valence-corrected chi connectivity index (χ3v) is 10.7. The van der Waals surface area contributed by atoms with E-state index in [1.165, 1.54) is 0 Å². The molecule has 1 fully saturated rings. The lowest BCUT2D eigenvalue weighted by molar-refractivity contribution is -0.136. The van der Waals surface area contributed by atoms with Crippen LogP contribution >= 0.6 is 0 Å². The van der Waals surface area contributed by atoms with Crippen LogP contribution in [0.25, 0.3) is 0 Å². The molecule has 6 N–H and O–H groups in total. The maximum Gasteiger partial charge on any atom is 0.251 e. The number of hydrogen-bond donors (Lipinski definition) is 5. The molecule has 11 heteroatoms. The number of carbonyl (C=O) groups excluding carboxylic acids is 5. The van der Waals surface area contributed by atoms with Crippen molar-refractivity contribution in [3.05, 3.63) is 107 Å². The highest BCUT2D eigenvalue weighted by molar-refractivity contribution is 5.95. The zero-order valence-corrected chi connectivity index (χ0v) is 33.4. The molecule has 0 heterocycles. The van der Waals surface area contributed by atoms with Crippen LogP contribution in [0.1, 0.15) is 93.3 Å². The average molecular weight is 768 g/mol. The van der Waals surface area contributed by atoms with Crippen molar-refractivity contribution in [2.45, 2.75) is 110 Å².